The Morgan fingerprint density at radius 3 is 2.64 bits per heavy atom. The van der Waals surface area contributed by atoms with Crippen molar-refractivity contribution >= 4 is 50.8 Å². The Hall–Kier alpha value is -0.850. The molecule has 1 unspecified atom stereocenters. The van der Waals surface area contributed by atoms with Gasteiger partial charge < -0.3 is 5.32 Å². The fraction of sp³-hybridized carbons (Fsp3) is 0.467. The summed E-state index contributed by atoms with van der Waals surface area (Å²) in [5, 5.41) is 3.10. The number of amides is 1. The molecule has 1 aromatic carbocycles. The van der Waals surface area contributed by atoms with E-state index in [0.29, 0.717) is 17.4 Å². The number of halogens is 2. The zero-order valence-electron chi connectivity index (χ0n) is 12.9. The average molecular weight is 407 g/mol. The summed E-state index contributed by atoms with van der Waals surface area (Å²) >= 11 is 14.4. The third kappa shape index (κ3) is 6.10. The first-order valence-electron chi connectivity index (χ1n) is 6.88. The van der Waals surface area contributed by atoms with Gasteiger partial charge in [-0.2, -0.15) is 0 Å². The molecule has 0 aliphatic heterocycles. The Labute approximate surface area is 150 Å². The maximum Gasteiger partial charge on any atom is 0.245 e. The minimum absolute atomic E-state index is 0.145. The van der Waals surface area contributed by atoms with Crippen LogP contribution in [-0.2, 0) is 4.79 Å². The van der Waals surface area contributed by atoms with Crippen LogP contribution in [0.25, 0.3) is 0 Å². The van der Waals surface area contributed by atoms with Gasteiger partial charge in [0.05, 0.1) is 5.92 Å². The van der Waals surface area contributed by atoms with E-state index < -0.39 is 0 Å². The second-order valence-corrected chi connectivity index (χ2v) is 7.39. The van der Waals surface area contributed by atoms with Crippen LogP contribution in [0.1, 0.15) is 31.7 Å². The molecule has 0 fully saturated rings. The number of carbonyl (C=O) groups is 1. The molecular formula is C15H21BrClN3OS. The van der Waals surface area contributed by atoms with Crippen LogP contribution in [0.4, 0.5) is 0 Å². The van der Waals surface area contributed by atoms with Crippen molar-refractivity contribution in [3.8, 4) is 0 Å². The molecule has 4 nitrogen and oxygen atoms in total. The highest BCUT2D eigenvalue weighted by atomic mass is 79.9. The van der Waals surface area contributed by atoms with Crippen molar-refractivity contribution in [3.05, 3.63) is 34.3 Å². The van der Waals surface area contributed by atoms with Crippen LogP contribution in [0.15, 0.2) is 28.7 Å². The molecule has 0 saturated carbocycles. The predicted octanol–water partition coefficient (Wildman–Crippen LogP) is 3.31. The van der Waals surface area contributed by atoms with Crippen molar-refractivity contribution in [2.45, 2.75) is 26.2 Å². The first-order valence-corrected chi connectivity index (χ1v) is 8.61. The number of rotatable bonds is 5. The molecule has 1 amide bonds. The first-order chi connectivity index (χ1) is 10.3. The zero-order chi connectivity index (χ0) is 16.8. The topological polar surface area (TPSA) is 53.2 Å². The monoisotopic (exact) mass is 405 g/mol. The zero-order valence-corrected chi connectivity index (χ0v) is 16.0. The van der Waals surface area contributed by atoms with Gasteiger partial charge in [-0.15, -0.1) is 11.6 Å². The van der Waals surface area contributed by atoms with Crippen LogP contribution in [0.3, 0.4) is 0 Å². The van der Waals surface area contributed by atoms with Gasteiger partial charge in [-0.05, 0) is 41.7 Å². The smallest absolute Gasteiger partial charge is 0.245 e. The van der Waals surface area contributed by atoms with Gasteiger partial charge in [0.2, 0.25) is 5.91 Å². The average Bonchev–Trinajstić information content (AvgIpc) is 2.50. The summed E-state index contributed by atoms with van der Waals surface area (Å²) in [5.74, 6) is 0.0138. The molecule has 22 heavy (non-hydrogen) atoms. The van der Waals surface area contributed by atoms with Crippen molar-refractivity contribution in [1.29, 1.82) is 0 Å². The van der Waals surface area contributed by atoms with Crippen molar-refractivity contribution in [1.82, 2.24) is 16.2 Å². The number of hydrazine groups is 1. The first kappa shape index (κ1) is 19.2. The molecule has 122 valence electrons. The summed E-state index contributed by atoms with van der Waals surface area (Å²) in [7, 11) is 1.68. The standard InChI is InChI=1S/C15H21BrClN3OS/c1-15(2,9-17)8-12(10-5-4-6-11(16)7-10)13(21)19-20-14(22)18-3/h4-7,12H,8-9H2,1-3H3,(H,19,21)(H2,18,20,22). The van der Waals surface area contributed by atoms with E-state index in [4.69, 9.17) is 23.8 Å². The van der Waals surface area contributed by atoms with Crippen LogP contribution in [0, 0.1) is 5.41 Å². The molecule has 0 radical (unpaired) electrons. The molecule has 0 aromatic heterocycles. The van der Waals surface area contributed by atoms with Crippen molar-refractivity contribution in [2.75, 3.05) is 12.9 Å². The Balaban J connectivity index is 2.96. The number of thiocarbonyl (C=S) groups is 1. The molecule has 0 bridgehead atoms. The number of alkyl halides is 1. The molecule has 1 atom stereocenters. The quantitative estimate of drug-likeness (QED) is 0.399. The molecule has 1 aromatic rings. The Bertz CT molecular complexity index is 539. The highest BCUT2D eigenvalue weighted by Gasteiger charge is 2.29. The molecule has 0 aliphatic rings. The maximum absolute atomic E-state index is 12.5. The lowest BCUT2D eigenvalue weighted by Crippen LogP contribution is -2.47. The molecule has 1 rings (SSSR count). The summed E-state index contributed by atoms with van der Waals surface area (Å²) in [6.45, 7) is 4.09. The molecular weight excluding hydrogens is 386 g/mol. The van der Waals surface area contributed by atoms with Crippen molar-refractivity contribution < 1.29 is 4.79 Å². The van der Waals surface area contributed by atoms with Crippen LogP contribution in [-0.4, -0.2) is 23.9 Å². The van der Waals surface area contributed by atoms with Crippen molar-refractivity contribution in [2.24, 2.45) is 5.41 Å². The predicted molar refractivity (Wildman–Crippen MR) is 98.9 cm³/mol. The Morgan fingerprint density at radius 1 is 1.41 bits per heavy atom. The molecule has 7 heteroatoms. The highest BCUT2D eigenvalue weighted by Crippen LogP contribution is 2.33. The minimum Gasteiger partial charge on any atom is -0.364 e. The Kier molecular flexibility index (Phi) is 7.59. The molecule has 0 spiro atoms. The summed E-state index contributed by atoms with van der Waals surface area (Å²) in [6.07, 6.45) is 0.632. The van der Waals surface area contributed by atoms with Gasteiger partial charge in [0.25, 0.3) is 0 Å². The van der Waals surface area contributed by atoms with E-state index in [1.54, 1.807) is 7.05 Å². The van der Waals surface area contributed by atoms with E-state index in [1.807, 2.05) is 38.1 Å². The number of hydrogen-bond donors (Lipinski definition) is 3. The van der Waals surface area contributed by atoms with E-state index in [2.05, 4.69) is 32.1 Å². The van der Waals surface area contributed by atoms with Gasteiger partial charge in [-0.25, -0.2) is 0 Å². The van der Waals surface area contributed by atoms with E-state index >= 15 is 0 Å². The molecule has 0 aliphatic carbocycles. The fourth-order valence-corrected chi connectivity index (χ4v) is 2.54. The summed E-state index contributed by atoms with van der Waals surface area (Å²) in [4.78, 5) is 12.5. The van der Waals surface area contributed by atoms with Gasteiger partial charge in [0.15, 0.2) is 5.11 Å². The lowest BCUT2D eigenvalue weighted by molar-refractivity contribution is -0.123. The van der Waals surface area contributed by atoms with Crippen LogP contribution in [0.2, 0.25) is 0 Å². The fourth-order valence-electron chi connectivity index (χ4n) is 1.96. The summed E-state index contributed by atoms with van der Waals surface area (Å²) < 4.78 is 0.935. The lowest BCUT2D eigenvalue weighted by Gasteiger charge is -2.27. The second-order valence-electron chi connectivity index (χ2n) is 5.80. The van der Waals surface area contributed by atoms with E-state index in [9.17, 15) is 4.79 Å². The molecule has 0 heterocycles. The normalized spacial score (nSPS) is 12.4. The molecule has 3 N–H and O–H groups in total. The van der Waals surface area contributed by atoms with Gasteiger partial charge >= 0.3 is 0 Å². The maximum atomic E-state index is 12.5. The third-order valence-corrected chi connectivity index (χ3v) is 4.74. The Morgan fingerprint density at radius 2 is 2.09 bits per heavy atom. The highest BCUT2D eigenvalue weighted by molar-refractivity contribution is 9.10. The van der Waals surface area contributed by atoms with Crippen LogP contribution >= 0.6 is 39.7 Å². The van der Waals surface area contributed by atoms with Crippen LogP contribution < -0.4 is 16.2 Å². The van der Waals surface area contributed by atoms with Crippen molar-refractivity contribution in [3.63, 3.8) is 0 Å². The van der Waals surface area contributed by atoms with Gasteiger partial charge in [0, 0.05) is 17.4 Å². The number of hydrogen-bond acceptors (Lipinski definition) is 2. The van der Waals surface area contributed by atoms with Crippen LogP contribution in [0.5, 0.6) is 0 Å². The lowest BCUT2D eigenvalue weighted by atomic mass is 9.81. The largest absolute Gasteiger partial charge is 0.364 e. The minimum atomic E-state index is -0.321. The summed E-state index contributed by atoms with van der Waals surface area (Å²) in [6, 6.07) is 7.74. The van der Waals surface area contributed by atoms with E-state index in [1.165, 1.54) is 0 Å². The number of benzene rings is 1. The van der Waals surface area contributed by atoms with Gasteiger partial charge in [-0.1, -0.05) is 41.9 Å². The second kappa shape index (κ2) is 8.70. The summed E-state index contributed by atoms with van der Waals surface area (Å²) in [5.41, 5.74) is 6.10. The molecule has 0 saturated heterocycles. The number of carbonyl (C=O) groups excluding carboxylic acids is 1. The third-order valence-electron chi connectivity index (χ3n) is 3.21. The number of nitrogens with one attached hydrogen (secondary N) is 3. The van der Waals surface area contributed by atoms with Gasteiger partial charge in [-0.3, -0.25) is 15.6 Å². The van der Waals surface area contributed by atoms with E-state index in [0.717, 1.165) is 10.0 Å². The van der Waals surface area contributed by atoms with Gasteiger partial charge in [0.1, 0.15) is 0 Å². The SMILES string of the molecule is CNC(=S)NNC(=O)C(CC(C)(C)CCl)c1cccc(Br)c1. The van der Waals surface area contributed by atoms with E-state index in [-0.39, 0.29) is 17.2 Å².